The topological polar surface area (TPSA) is 64.3 Å². The summed E-state index contributed by atoms with van der Waals surface area (Å²) in [5, 5.41) is 2.85. The van der Waals surface area contributed by atoms with Gasteiger partial charge in [0.1, 0.15) is 17.3 Å². The van der Waals surface area contributed by atoms with E-state index >= 15 is 0 Å². The molecule has 1 aromatic rings. The van der Waals surface area contributed by atoms with E-state index in [1.54, 1.807) is 12.1 Å². The van der Waals surface area contributed by atoms with Crippen molar-refractivity contribution in [2.24, 2.45) is 5.73 Å². The minimum atomic E-state index is 0.0277. The number of carbonyl (C=O) groups is 1. The number of thiocarbonyl (C=S) groups is 1. The summed E-state index contributed by atoms with van der Waals surface area (Å²) in [7, 11) is 0. The lowest BCUT2D eigenvalue weighted by Crippen LogP contribution is -2.18. The second-order valence-corrected chi connectivity index (χ2v) is 4.81. The first-order valence-electron chi connectivity index (χ1n) is 6.43. The van der Waals surface area contributed by atoms with Crippen LogP contribution >= 0.6 is 12.2 Å². The third kappa shape index (κ3) is 6.76. The first-order valence-corrected chi connectivity index (χ1v) is 6.83. The average Bonchev–Trinajstić information content (AvgIpc) is 2.37. The highest BCUT2D eigenvalue weighted by Gasteiger charge is 2.03. The van der Waals surface area contributed by atoms with Crippen LogP contribution in [0.4, 0.5) is 5.69 Å². The van der Waals surface area contributed by atoms with Gasteiger partial charge >= 0.3 is 0 Å². The van der Waals surface area contributed by atoms with Gasteiger partial charge in [-0.2, -0.15) is 0 Å². The standard InChI is InChI=1S/C14H20N2O2S/c1-2-3-4-8-14(17)16-11-6-5-7-12(9-11)18-10-13(15)19/h5-7,9H,2-4,8,10H2,1H3,(H2,15,19)(H,16,17). The van der Waals surface area contributed by atoms with Gasteiger partial charge in [0.05, 0.1) is 0 Å². The lowest BCUT2D eigenvalue weighted by atomic mass is 10.2. The Morgan fingerprint density at radius 2 is 2.21 bits per heavy atom. The number of hydrogen-bond donors (Lipinski definition) is 2. The van der Waals surface area contributed by atoms with E-state index in [-0.39, 0.29) is 12.5 Å². The molecule has 0 aromatic heterocycles. The Bertz CT molecular complexity index is 435. The highest BCUT2D eigenvalue weighted by Crippen LogP contribution is 2.17. The molecule has 0 fully saturated rings. The number of nitrogens with one attached hydrogen (secondary N) is 1. The minimum absolute atomic E-state index is 0.0277. The molecule has 0 aliphatic heterocycles. The van der Waals surface area contributed by atoms with Crippen LogP contribution in [0, 0.1) is 0 Å². The molecule has 0 aliphatic carbocycles. The molecule has 0 heterocycles. The first-order chi connectivity index (χ1) is 9.11. The number of unbranched alkanes of at least 4 members (excludes halogenated alkanes) is 2. The summed E-state index contributed by atoms with van der Waals surface area (Å²) in [5.74, 6) is 0.666. The van der Waals surface area contributed by atoms with Gasteiger partial charge in [0.2, 0.25) is 5.91 Å². The Balaban J connectivity index is 2.47. The highest BCUT2D eigenvalue weighted by atomic mass is 32.1. The number of hydrogen-bond acceptors (Lipinski definition) is 3. The second kappa shape index (κ2) is 8.48. The van der Waals surface area contributed by atoms with E-state index in [0.29, 0.717) is 17.2 Å². The maximum atomic E-state index is 11.7. The molecule has 19 heavy (non-hydrogen) atoms. The Morgan fingerprint density at radius 1 is 1.42 bits per heavy atom. The SMILES string of the molecule is CCCCCC(=O)Nc1cccc(OCC(N)=S)c1. The number of anilines is 1. The number of ether oxygens (including phenoxy) is 1. The summed E-state index contributed by atoms with van der Waals surface area (Å²) in [6, 6.07) is 7.20. The normalized spacial score (nSPS) is 9.95. The Hall–Kier alpha value is -1.62. The first kappa shape index (κ1) is 15.4. The van der Waals surface area contributed by atoms with Crippen LogP contribution in [0.2, 0.25) is 0 Å². The summed E-state index contributed by atoms with van der Waals surface area (Å²) >= 11 is 4.74. The van der Waals surface area contributed by atoms with Crippen molar-refractivity contribution in [3.05, 3.63) is 24.3 Å². The van der Waals surface area contributed by atoms with Crippen LogP contribution in [-0.4, -0.2) is 17.5 Å². The molecule has 0 bridgehead atoms. The zero-order valence-corrected chi connectivity index (χ0v) is 12.0. The van der Waals surface area contributed by atoms with Crippen molar-refractivity contribution in [2.75, 3.05) is 11.9 Å². The van der Waals surface area contributed by atoms with Crippen LogP contribution in [0.25, 0.3) is 0 Å². The quantitative estimate of drug-likeness (QED) is 0.567. The summed E-state index contributed by atoms with van der Waals surface area (Å²) in [5.41, 5.74) is 6.09. The molecule has 1 rings (SSSR count). The fourth-order valence-electron chi connectivity index (χ4n) is 1.58. The third-order valence-electron chi connectivity index (χ3n) is 2.51. The van der Waals surface area contributed by atoms with E-state index < -0.39 is 0 Å². The Morgan fingerprint density at radius 3 is 2.89 bits per heavy atom. The minimum Gasteiger partial charge on any atom is -0.486 e. The Labute approximate surface area is 119 Å². The van der Waals surface area contributed by atoms with Crippen LogP contribution in [0.5, 0.6) is 5.75 Å². The molecule has 0 aliphatic rings. The molecule has 0 saturated carbocycles. The smallest absolute Gasteiger partial charge is 0.224 e. The maximum Gasteiger partial charge on any atom is 0.224 e. The molecule has 1 aromatic carbocycles. The van der Waals surface area contributed by atoms with Crippen LogP contribution in [0.1, 0.15) is 32.6 Å². The number of rotatable bonds is 8. The van der Waals surface area contributed by atoms with E-state index in [9.17, 15) is 4.79 Å². The number of benzene rings is 1. The van der Waals surface area contributed by atoms with E-state index in [2.05, 4.69) is 12.2 Å². The van der Waals surface area contributed by atoms with E-state index in [1.807, 2.05) is 12.1 Å². The lowest BCUT2D eigenvalue weighted by Gasteiger charge is -2.08. The number of carbonyl (C=O) groups excluding carboxylic acids is 1. The van der Waals surface area contributed by atoms with Gasteiger partial charge in [-0.25, -0.2) is 0 Å². The zero-order chi connectivity index (χ0) is 14.1. The summed E-state index contributed by atoms with van der Waals surface area (Å²) in [4.78, 5) is 12.0. The Kier molecular flexibility index (Phi) is 6.89. The van der Waals surface area contributed by atoms with Crippen LogP contribution in [-0.2, 0) is 4.79 Å². The van der Waals surface area contributed by atoms with Gasteiger partial charge in [-0.3, -0.25) is 4.79 Å². The predicted molar refractivity (Wildman–Crippen MR) is 81.5 cm³/mol. The van der Waals surface area contributed by atoms with E-state index in [4.69, 9.17) is 22.7 Å². The number of amides is 1. The molecule has 5 heteroatoms. The van der Waals surface area contributed by atoms with Crippen molar-refractivity contribution in [2.45, 2.75) is 32.6 Å². The van der Waals surface area contributed by atoms with E-state index in [0.717, 1.165) is 24.9 Å². The molecule has 0 spiro atoms. The average molecular weight is 280 g/mol. The van der Waals surface area contributed by atoms with Gasteiger partial charge < -0.3 is 15.8 Å². The van der Waals surface area contributed by atoms with Crippen molar-refractivity contribution >= 4 is 28.8 Å². The van der Waals surface area contributed by atoms with Gasteiger partial charge in [0.25, 0.3) is 0 Å². The van der Waals surface area contributed by atoms with Gasteiger partial charge in [-0.05, 0) is 18.6 Å². The molecule has 3 N–H and O–H groups in total. The van der Waals surface area contributed by atoms with Gasteiger partial charge in [0, 0.05) is 18.2 Å². The molecule has 0 radical (unpaired) electrons. The highest BCUT2D eigenvalue weighted by molar-refractivity contribution is 7.80. The summed E-state index contributed by atoms with van der Waals surface area (Å²) in [6.45, 7) is 2.31. The fourth-order valence-corrected chi connectivity index (χ4v) is 1.64. The molecule has 104 valence electrons. The molecule has 0 saturated heterocycles. The summed E-state index contributed by atoms with van der Waals surface area (Å²) < 4.78 is 5.37. The van der Waals surface area contributed by atoms with Crippen molar-refractivity contribution in [3.63, 3.8) is 0 Å². The molecule has 4 nitrogen and oxygen atoms in total. The second-order valence-electron chi connectivity index (χ2n) is 4.29. The van der Waals surface area contributed by atoms with Crippen molar-refractivity contribution in [3.8, 4) is 5.75 Å². The molecule has 1 amide bonds. The third-order valence-corrected chi connectivity index (χ3v) is 2.62. The monoisotopic (exact) mass is 280 g/mol. The molecular weight excluding hydrogens is 260 g/mol. The zero-order valence-electron chi connectivity index (χ0n) is 11.1. The van der Waals surface area contributed by atoms with Crippen LogP contribution < -0.4 is 15.8 Å². The van der Waals surface area contributed by atoms with Crippen molar-refractivity contribution < 1.29 is 9.53 Å². The maximum absolute atomic E-state index is 11.7. The fraction of sp³-hybridized carbons (Fsp3) is 0.429. The van der Waals surface area contributed by atoms with E-state index in [1.165, 1.54) is 0 Å². The van der Waals surface area contributed by atoms with Crippen molar-refractivity contribution in [1.82, 2.24) is 0 Å². The lowest BCUT2D eigenvalue weighted by molar-refractivity contribution is -0.116. The van der Waals surface area contributed by atoms with Gasteiger partial charge in [-0.1, -0.05) is 38.0 Å². The summed E-state index contributed by atoms with van der Waals surface area (Å²) in [6.07, 6.45) is 3.64. The van der Waals surface area contributed by atoms with Crippen molar-refractivity contribution in [1.29, 1.82) is 0 Å². The van der Waals surface area contributed by atoms with Crippen LogP contribution in [0.15, 0.2) is 24.3 Å². The van der Waals surface area contributed by atoms with Gasteiger partial charge in [-0.15, -0.1) is 0 Å². The molecular formula is C14H20N2O2S. The van der Waals surface area contributed by atoms with Crippen LogP contribution in [0.3, 0.4) is 0 Å². The predicted octanol–water partition coefficient (Wildman–Crippen LogP) is 2.87. The molecule has 0 unspecified atom stereocenters. The van der Waals surface area contributed by atoms with Gasteiger partial charge in [0.15, 0.2) is 0 Å². The molecule has 0 atom stereocenters. The number of nitrogens with two attached hydrogens (primary N) is 1. The largest absolute Gasteiger partial charge is 0.486 e.